The van der Waals surface area contributed by atoms with Gasteiger partial charge in [0.25, 0.3) is 5.91 Å². The zero-order valence-corrected chi connectivity index (χ0v) is 12.9. The second-order valence-corrected chi connectivity index (χ2v) is 5.06. The Balaban J connectivity index is 1.92. The van der Waals surface area contributed by atoms with Crippen molar-refractivity contribution in [3.63, 3.8) is 0 Å². The molecule has 1 N–H and O–H groups in total. The van der Waals surface area contributed by atoms with E-state index in [0.29, 0.717) is 16.8 Å². The normalized spacial score (nSPS) is 9.78. The Morgan fingerprint density at radius 2 is 1.83 bits per heavy atom. The Morgan fingerprint density at radius 3 is 2.48 bits per heavy atom. The van der Waals surface area contributed by atoms with Crippen LogP contribution in [0.15, 0.2) is 42.5 Å². The quantitative estimate of drug-likeness (QED) is 0.881. The van der Waals surface area contributed by atoms with E-state index in [1.807, 2.05) is 32.0 Å². The molecule has 0 heterocycles. The number of amides is 1. The maximum absolute atomic E-state index is 11.9. The second-order valence-electron chi connectivity index (χ2n) is 5.06. The third-order valence-electron chi connectivity index (χ3n) is 3.46. The maximum Gasteiger partial charge on any atom is 0.338 e. The summed E-state index contributed by atoms with van der Waals surface area (Å²) in [5.74, 6) is -1.01. The predicted octanol–water partition coefficient (Wildman–Crippen LogP) is 2.97. The van der Waals surface area contributed by atoms with Gasteiger partial charge in [0.1, 0.15) is 0 Å². The highest BCUT2D eigenvalue weighted by Crippen LogP contribution is 2.17. The average Bonchev–Trinajstić information content (AvgIpc) is 2.57. The predicted molar refractivity (Wildman–Crippen MR) is 86.0 cm³/mol. The van der Waals surface area contributed by atoms with E-state index in [4.69, 9.17) is 10.00 Å². The van der Waals surface area contributed by atoms with Crippen molar-refractivity contribution in [2.24, 2.45) is 0 Å². The first-order chi connectivity index (χ1) is 11.0. The lowest BCUT2D eigenvalue weighted by molar-refractivity contribution is -0.119. The summed E-state index contributed by atoms with van der Waals surface area (Å²) in [6.45, 7) is 3.50. The van der Waals surface area contributed by atoms with Crippen LogP contribution in [-0.4, -0.2) is 18.5 Å². The molecule has 2 aromatic rings. The van der Waals surface area contributed by atoms with Gasteiger partial charge in [-0.05, 0) is 55.3 Å². The van der Waals surface area contributed by atoms with Gasteiger partial charge >= 0.3 is 5.97 Å². The van der Waals surface area contributed by atoms with E-state index in [2.05, 4.69) is 5.32 Å². The van der Waals surface area contributed by atoms with E-state index in [1.54, 1.807) is 6.07 Å². The molecule has 0 saturated carbocycles. The van der Waals surface area contributed by atoms with Gasteiger partial charge < -0.3 is 10.1 Å². The van der Waals surface area contributed by atoms with Crippen LogP contribution in [0.2, 0.25) is 0 Å². The highest BCUT2D eigenvalue weighted by atomic mass is 16.5. The molecule has 0 unspecified atom stereocenters. The zero-order valence-electron chi connectivity index (χ0n) is 12.9. The van der Waals surface area contributed by atoms with Crippen molar-refractivity contribution in [2.75, 3.05) is 11.9 Å². The van der Waals surface area contributed by atoms with E-state index in [0.717, 1.165) is 11.1 Å². The minimum Gasteiger partial charge on any atom is -0.452 e. The molecule has 1 amide bonds. The molecule has 0 saturated heterocycles. The molecule has 2 aromatic carbocycles. The van der Waals surface area contributed by atoms with Crippen LogP contribution in [0.3, 0.4) is 0 Å². The standard InChI is InChI=1S/C18H16N2O3/c1-12-4-3-5-16(13(12)2)20-17(21)11-23-18(22)15-8-6-14(10-19)7-9-15/h3-9H,11H2,1-2H3,(H,20,21). The number of carbonyl (C=O) groups excluding carboxylic acids is 2. The van der Waals surface area contributed by atoms with Crippen LogP contribution in [0.4, 0.5) is 5.69 Å². The molecule has 0 aliphatic carbocycles. The van der Waals surface area contributed by atoms with Crippen LogP contribution in [0.5, 0.6) is 0 Å². The highest BCUT2D eigenvalue weighted by molar-refractivity contribution is 5.96. The minimum absolute atomic E-state index is 0.295. The number of anilines is 1. The van der Waals surface area contributed by atoms with Crippen molar-refractivity contribution in [1.82, 2.24) is 0 Å². The number of aryl methyl sites for hydroxylation is 1. The fourth-order valence-corrected chi connectivity index (χ4v) is 1.97. The smallest absolute Gasteiger partial charge is 0.338 e. The first kappa shape index (κ1) is 16.2. The molecule has 0 bridgehead atoms. The van der Waals surface area contributed by atoms with Gasteiger partial charge in [0.15, 0.2) is 6.61 Å². The number of ether oxygens (including phenoxy) is 1. The van der Waals surface area contributed by atoms with E-state index in [1.165, 1.54) is 24.3 Å². The van der Waals surface area contributed by atoms with Crippen LogP contribution < -0.4 is 5.32 Å². The van der Waals surface area contributed by atoms with Crippen molar-refractivity contribution in [3.05, 3.63) is 64.7 Å². The molecule has 0 atom stereocenters. The third-order valence-corrected chi connectivity index (χ3v) is 3.46. The molecule has 116 valence electrons. The van der Waals surface area contributed by atoms with Gasteiger partial charge in [0.2, 0.25) is 0 Å². The van der Waals surface area contributed by atoms with Gasteiger partial charge in [0, 0.05) is 5.69 Å². The number of carbonyl (C=O) groups is 2. The first-order valence-corrected chi connectivity index (χ1v) is 7.04. The van der Waals surface area contributed by atoms with E-state index in [-0.39, 0.29) is 6.61 Å². The number of hydrogen-bond acceptors (Lipinski definition) is 4. The number of nitriles is 1. The molecule has 2 rings (SSSR count). The summed E-state index contributed by atoms with van der Waals surface area (Å²) >= 11 is 0. The lowest BCUT2D eigenvalue weighted by Gasteiger charge is -2.10. The number of rotatable bonds is 4. The SMILES string of the molecule is Cc1cccc(NC(=O)COC(=O)c2ccc(C#N)cc2)c1C. The Bertz CT molecular complexity index is 774. The molecule has 0 radical (unpaired) electrons. The third kappa shape index (κ3) is 4.17. The maximum atomic E-state index is 11.9. The van der Waals surface area contributed by atoms with Gasteiger partial charge in [-0.15, -0.1) is 0 Å². The monoisotopic (exact) mass is 308 g/mol. The largest absolute Gasteiger partial charge is 0.452 e. The summed E-state index contributed by atoms with van der Waals surface area (Å²) in [6, 6.07) is 13.6. The number of esters is 1. The summed E-state index contributed by atoms with van der Waals surface area (Å²) in [4.78, 5) is 23.7. The highest BCUT2D eigenvalue weighted by Gasteiger charge is 2.11. The molecule has 0 aliphatic rings. The molecule has 0 aliphatic heterocycles. The van der Waals surface area contributed by atoms with Crippen molar-refractivity contribution in [2.45, 2.75) is 13.8 Å². The number of benzene rings is 2. The van der Waals surface area contributed by atoms with Gasteiger partial charge in [-0.1, -0.05) is 12.1 Å². The fraction of sp³-hybridized carbons (Fsp3) is 0.167. The second kappa shape index (κ2) is 7.23. The molecule has 0 fully saturated rings. The summed E-state index contributed by atoms with van der Waals surface area (Å²) in [7, 11) is 0. The first-order valence-electron chi connectivity index (χ1n) is 7.04. The van der Waals surface area contributed by atoms with Crippen LogP contribution in [0, 0.1) is 25.2 Å². The molecule has 5 nitrogen and oxygen atoms in total. The summed E-state index contributed by atoms with van der Waals surface area (Å²) in [5, 5.41) is 11.4. The number of nitrogens with zero attached hydrogens (tertiary/aromatic N) is 1. The van der Waals surface area contributed by atoms with Crippen LogP contribution >= 0.6 is 0 Å². The molecule has 5 heteroatoms. The molecule has 23 heavy (non-hydrogen) atoms. The topological polar surface area (TPSA) is 79.2 Å². The lowest BCUT2D eigenvalue weighted by atomic mass is 10.1. The van der Waals surface area contributed by atoms with Crippen LogP contribution in [0.1, 0.15) is 27.0 Å². The van der Waals surface area contributed by atoms with Crippen molar-refractivity contribution >= 4 is 17.6 Å². The minimum atomic E-state index is -0.606. The molecule has 0 spiro atoms. The van der Waals surface area contributed by atoms with Crippen molar-refractivity contribution < 1.29 is 14.3 Å². The number of nitrogens with one attached hydrogen (secondary N) is 1. The van der Waals surface area contributed by atoms with Gasteiger partial charge in [-0.3, -0.25) is 4.79 Å². The summed E-state index contributed by atoms with van der Waals surface area (Å²) < 4.78 is 4.97. The molecular weight excluding hydrogens is 292 g/mol. The van der Waals surface area contributed by atoms with Gasteiger partial charge in [-0.2, -0.15) is 5.26 Å². The molecular formula is C18H16N2O3. The Labute approximate surface area is 134 Å². The van der Waals surface area contributed by atoms with Crippen LogP contribution in [0.25, 0.3) is 0 Å². The summed E-state index contributed by atoms with van der Waals surface area (Å²) in [6.07, 6.45) is 0. The van der Waals surface area contributed by atoms with E-state index in [9.17, 15) is 9.59 Å². The van der Waals surface area contributed by atoms with E-state index >= 15 is 0 Å². The fourth-order valence-electron chi connectivity index (χ4n) is 1.97. The Hall–Kier alpha value is -3.13. The molecule has 0 aromatic heterocycles. The summed E-state index contributed by atoms with van der Waals surface area (Å²) in [5.41, 5.74) is 3.49. The van der Waals surface area contributed by atoms with E-state index < -0.39 is 11.9 Å². The Morgan fingerprint density at radius 1 is 1.13 bits per heavy atom. The lowest BCUT2D eigenvalue weighted by Crippen LogP contribution is -2.21. The van der Waals surface area contributed by atoms with Crippen molar-refractivity contribution in [1.29, 1.82) is 5.26 Å². The van der Waals surface area contributed by atoms with Gasteiger partial charge in [0.05, 0.1) is 17.2 Å². The van der Waals surface area contributed by atoms with Gasteiger partial charge in [-0.25, -0.2) is 4.79 Å². The zero-order chi connectivity index (χ0) is 16.8. The van der Waals surface area contributed by atoms with Crippen molar-refractivity contribution in [3.8, 4) is 6.07 Å². The Kier molecular flexibility index (Phi) is 5.11. The van der Waals surface area contributed by atoms with Crippen LogP contribution in [-0.2, 0) is 9.53 Å². The average molecular weight is 308 g/mol. The number of hydrogen-bond donors (Lipinski definition) is 1.